The van der Waals surface area contributed by atoms with Crippen molar-refractivity contribution < 1.29 is 14.3 Å². The smallest absolute Gasteiger partial charge is 0.313 e. The average Bonchev–Trinajstić information content (AvgIpc) is 3.20. The van der Waals surface area contributed by atoms with Gasteiger partial charge in [-0.15, -0.1) is 0 Å². The van der Waals surface area contributed by atoms with Gasteiger partial charge in [0.25, 0.3) is 0 Å². The summed E-state index contributed by atoms with van der Waals surface area (Å²) < 4.78 is 5.05. The molecular weight excluding hydrogens is 290 g/mol. The Morgan fingerprint density at radius 1 is 1.30 bits per heavy atom. The molecule has 1 atom stereocenters. The number of carbonyl (C=O) groups is 2. The van der Waals surface area contributed by atoms with Crippen LogP contribution < -0.4 is 0 Å². The van der Waals surface area contributed by atoms with E-state index in [0.717, 1.165) is 22.9 Å². The number of methoxy groups -OCH3 is 1. The Hall–Kier alpha value is -2.10. The van der Waals surface area contributed by atoms with Crippen molar-refractivity contribution in [2.75, 3.05) is 7.11 Å². The van der Waals surface area contributed by atoms with E-state index in [0.29, 0.717) is 11.5 Å². The normalized spacial score (nSPS) is 16.6. The number of ether oxygens (including phenoxy) is 1. The lowest BCUT2D eigenvalue weighted by Gasteiger charge is -2.18. The molecule has 2 aromatic rings. The minimum Gasteiger partial charge on any atom is -0.469 e. The molecule has 1 unspecified atom stereocenters. The van der Waals surface area contributed by atoms with Gasteiger partial charge in [-0.25, -0.2) is 0 Å². The summed E-state index contributed by atoms with van der Waals surface area (Å²) in [5.41, 5.74) is 2.55. The molecule has 4 heteroatoms. The molecule has 1 N–H and O–H groups in total. The van der Waals surface area contributed by atoms with Crippen LogP contribution in [0.1, 0.15) is 60.9 Å². The van der Waals surface area contributed by atoms with E-state index in [2.05, 4.69) is 4.98 Å². The summed E-state index contributed by atoms with van der Waals surface area (Å²) in [6.45, 7) is 1.56. The zero-order valence-electron chi connectivity index (χ0n) is 13.7. The van der Waals surface area contributed by atoms with Gasteiger partial charge < -0.3 is 9.72 Å². The van der Waals surface area contributed by atoms with Crippen molar-refractivity contribution >= 4 is 22.7 Å². The molecule has 0 bridgehead atoms. The van der Waals surface area contributed by atoms with Crippen molar-refractivity contribution in [1.82, 2.24) is 4.98 Å². The number of nitrogens with one attached hydrogen (secondary N) is 1. The lowest BCUT2D eigenvalue weighted by molar-refractivity contribution is -0.142. The van der Waals surface area contributed by atoms with Gasteiger partial charge in [0.15, 0.2) is 5.78 Å². The van der Waals surface area contributed by atoms with Gasteiger partial charge in [0.05, 0.1) is 13.0 Å². The largest absolute Gasteiger partial charge is 0.469 e. The van der Waals surface area contributed by atoms with Gasteiger partial charge in [0.2, 0.25) is 0 Å². The SMILES string of the molecule is COC(=O)C(CC1CCCC1)c1c[nH]c2cc(C(C)=O)ccc12. The molecule has 122 valence electrons. The number of fused-ring (bicyclic) bond motifs is 1. The molecule has 1 aromatic carbocycles. The summed E-state index contributed by atoms with van der Waals surface area (Å²) in [4.78, 5) is 27.1. The first kappa shape index (κ1) is 15.8. The van der Waals surface area contributed by atoms with Gasteiger partial charge in [-0.05, 0) is 30.9 Å². The van der Waals surface area contributed by atoms with Crippen molar-refractivity contribution in [1.29, 1.82) is 0 Å². The van der Waals surface area contributed by atoms with Gasteiger partial charge in [0.1, 0.15) is 0 Å². The first-order chi connectivity index (χ1) is 11.1. The molecular formula is C19H23NO3. The number of benzene rings is 1. The zero-order valence-corrected chi connectivity index (χ0v) is 13.7. The summed E-state index contributed by atoms with van der Waals surface area (Å²) in [7, 11) is 1.45. The molecule has 0 spiro atoms. The number of hydrogen-bond donors (Lipinski definition) is 1. The van der Waals surface area contributed by atoms with Crippen molar-refractivity contribution in [2.24, 2.45) is 5.92 Å². The van der Waals surface area contributed by atoms with E-state index < -0.39 is 0 Å². The van der Waals surface area contributed by atoms with E-state index in [1.807, 2.05) is 24.4 Å². The predicted octanol–water partition coefficient (Wildman–Crippen LogP) is 4.21. The Balaban J connectivity index is 1.96. The standard InChI is InChI=1S/C19H23NO3/c1-12(21)14-7-8-15-17(11-20-18(15)10-14)16(19(22)23-2)9-13-5-3-4-6-13/h7-8,10-11,13,16,20H,3-6,9H2,1-2H3. The molecule has 3 rings (SSSR count). The minimum atomic E-state index is -0.236. The van der Waals surface area contributed by atoms with Crippen LogP contribution in [0, 0.1) is 5.92 Å². The van der Waals surface area contributed by atoms with Crippen LogP contribution in [0.2, 0.25) is 0 Å². The maximum absolute atomic E-state index is 12.3. The molecule has 0 aliphatic heterocycles. The van der Waals surface area contributed by atoms with Crippen LogP contribution >= 0.6 is 0 Å². The maximum atomic E-state index is 12.3. The number of aromatic nitrogens is 1. The topological polar surface area (TPSA) is 59.2 Å². The minimum absolute atomic E-state index is 0.0403. The average molecular weight is 313 g/mol. The molecule has 1 aliphatic rings. The third kappa shape index (κ3) is 3.16. The maximum Gasteiger partial charge on any atom is 0.313 e. The number of aromatic amines is 1. The molecule has 1 saturated carbocycles. The molecule has 4 nitrogen and oxygen atoms in total. The van der Waals surface area contributed by atoms with Crippen molar-refractivity contribution in [3.05, 3.63) is 35.5 Å². The lowest BCUT2D eigenvalue weighted by atomic mass is 9.87. The van der Waals surface area contributed by atoms with Gasteiger partial charge in [0, 0.05) is 22.7 Å². The third-order valence-corrected chi connectivity index (χ3v) is 5.03. The molecule has 1 fully saturated rings. The molecule has 1 heterocycles. The van der Waals surface area contributed by atoms with Crippen LogP contribution in [0.3, 0.4) is 0 Å². The summed E-state index contributed by atoms with van der Waals surface area (Å²) >= 11 is 0. The van der Waals surface area contributed by atoms with Crippen LogP contribution in [0.5, 0.6) is 0 Å². The van der Waals surface area contributed by atoms with Crippen LogP contribution in [-0.2, 0) is 9.53 Å². The second-order valence-corrected chi connectivity index (χ2v) is 6.52. The van der Waals surface area contributed by atoms with E-state index in [1.165, 1.54) is 32.8 Å². The molecule has 1 aromatic heterocycles. The highest BCUT2D eigenvalue weighted by Gasteiger charge is 2.29. The number of esters is 1. The Bertz CT molecular complexity index is 725. The van der Waals surface area contributed by atoms with Gasteiger partial charge in [-0.1, -0.05) is 37.8 Å². The molecule has 0 amide bonds. The zero-order chi connectivity index (χ0) is 16.4. The molecule has 0 saturated heterocycles. The number of Topliss-reactive ketones (excluding diaryl/α,β-unsaturated/α-hetero) is 1. The second kappa shape index (κ2) is 6.57. The monoisotopic (exact) mass is 313 g/mol. The van der Waals surface area contributed by atoms with E-state index >= 15 is 0 Å². The quantitative estimate of drug-likeness (QED) is 0.664. The summed E-state index contributed by atoms with van der Waals surface area (Å²) in [5, 5.41) is 1.00. The number of rotatable bonds is 5. The van der Waals surface area contributed by atoms with Gasteiger partial charge in [-0.3, -0.25) is 9.59 Å². The summed E-state index contributed by atoms with van der Waals surface area (Å²) in [6.07, 6.45) is 7.65. The predicted molar refractivity (Wildman–Crippen MR) is 89.6 cm³/mol. The molecule has 1 aliphatic carbocycles. The highest BCUT2D eigenvalue weighted by Crippen LogP contribution is 2.37. The number of H-pyrrole nitrogens is 1. The third-order valence-electron chi connectivity index (χ3n) is 5.03. The first-order valence-corrected chi connectivity index (χ1v) is 8.30. The van der Waals surface area contributed by atoms with Crippen molar-refractivity contribution in [2.45, 2.75) is 44.9 Å². The Morgan fingerprint density at radius 3 is 2.70 bits per heavy atom. The van der Waals surface area contributed by atoms with Crippen LogP contribution in [-0.4, -0.2) is 23.8 Å². The lowest BCUT2D eigenvalue weighted by Crippen LogP contribution is -2.17. The van der Waals surface area contributed by atoms with Crippen molar-refractivity contribution in [3.8, 4) is 0 Å². The van der Waals surface area contributed by atoms with Crippen LogP contribution in [0.4, 0.5) is 0 Å². The van der Waals surface area contributed by atoms with E-state index in [-0.39, 0.29) is 17.7 Å². The van der Waals surface area contributed by atoms with E-state index in [1.54, 1.807) is 6.92 Å². The Kier molecular flexibility index (Phi) is 4.51. The van der Waals surface area contributed by atoms with E-state index in [9.17, 15) is 9.59 Å². The first-order valence-electron chi connectivity index (χ1n) is 8.30. The number of hydrogen-bond acceptors (Lipinski definition) is 3. The highest BCUT2D eigenvalue weighted by molar-refractivity contribution is 5.99. The number of ketones is 1. The van der Waals surface area contributed by atoms with E-state index in [4.69, 9.17) is 4.74 Å². The summed E-state index contributed by atoms with van der Waals surface area (Å²) in [5.74, 6) is 0.229. The Morgan fingerprint density at radius 2 is 2.04 bits per heavy atom. The van der Waals surface area contributed by atoms with Crippen LogP contribution in [0.15, 0.2) is 24.4 Å². The number of carbonyl (C=O) groups excluding carboxylic acids is 2. The van der Waals surface area contributed by atoms with Crippen LogP contribution in [0.25, 0.3) is 10.9 Å². The fourth-order valence-corrected chi connectivity index (χ4v) is 3.73. The Labute approximate surface area is 136 Å². The second-order valence-electron chi connectivity index (χ2n) is 6.52. The summed E-state index contributed by atoms with van der Waals surface area (Å²) in [6, 6.07) is 5.61. The highest BCUT2D eigenvalue weighted by atomic mass is 16.5. The molecule has 23 heavy (non-hydrogen) atoms. The molecule has 0 radical (unpaired) electrons. The fraction of sp³-hybridized carbons (Fsp3) is 0.474. The van der Waals surface area contributed by atoms with Gasteiger partial charge >= 0.3 is 5.97 Å². The fourth-order valence-electron chi connectivity index (χ4n) is 3.73. The van der Waals surface area contributed by atoms with Gasteiger partial charge in [-0.2, -0.15) is 0 Å². The van der Waals surface area contributed by atoms with Crippen molar-refractivity contribution in [3.63, 3.8) is 0 Å².